The molecule has 1 aromatic heterocycles. The second-order valence-electron chi connectivity index (χ2n) is 4.03. The first-order valence-electron chi connectivity index (χ1n) is 5.71. The summed E-state index contributed by atoms with van der Waals surface area (Å²) in [6, 6.07) is 1.27. The summed E-state index contributed by atoms with van der Waals surface area (Å²) in [4.78, 5) is 13.5. The highest BCUT2D eigenvalue weighted by Crippen LogP contribution is 2.18. The normalized spacial score (nSPS) is 11.6. The van der Waals surface area contributed by atoms with Gasteiger partial charge in [-0.2, -0.15) is 0 Å². The van der Waals surface area contributed by atoms with Crippen molar-refractivity contribution in [3.05, 3.63) is 18.0 Å². The number of nitrogens with zero attached hydrogens (tertiary/aromatic N) is 2. The third kappa shape index (κ3) is 4.22. The molecule has 0 unspecified atom stereocenters. The molecule has 19 heavy (non-hydrogen) atoms. The Balaban J connectivity index is 2.85. The lowest BCUT2D eigenvalue weighted by Gasteiger charge is -2.17. The van der Waals surface area contributed by atoms with Crippen LogP contribution in [0.15, 0.2) is 17.2 Å². The molecule has 1 amide bonds. The predicted molar refractivity (Wildman–Crippen MR) is 71.9 cm³/mol. The fraction of sp³-hybridized carbons (Fsp3) is 0.545. The number of aryl methyl sites for hydroxylation is 1. The smallest absolute Gasteiger partial charge is 0.270 e. The Labute approximate surface area is 117 Å². The van der Waals surface area contributed by atoms with E-state index in [2.05, 4.69) is 0 Å². The Hall–Kier alpha value is -1.05. The van der Waals surface area contributed by atoms with Gasteiger partial charge in [-0.25, -0.2) is 8.42 Å². The number of carbonyl (C=O) groups is 1. The number of likely N-dealkylation sites (N-methyl/N-ethyl adjacent to an activating group) is 1. The maximum absolute atomic E-state index is 12.1. The molecule has 0 saturated heterocycles. The number of halogens is 1. The summed E-state index contributed by atoms with van der Waals surface area (Å²) >= 11 is 0. The average molecular weight is 309 g/mol. The van der Waals surface area contributed by atoms with E-state index >= 15 is 0 Å². The van der Waals surface area contributed by atoms with E-state index < -0.39 is 9.05 Å². The Kier molecular flexibility index (Phi) is 5.39. The SMILES string of the molecule is CCOCCN(C)C(=O)c1cc(S(=O)(=O)Cl)cn1C. The molecule has 108 valence electrons. The second-order valence-corrected chi connectivity index (χ2v) is 6.60. The van der Waals surface area contributed by atoms with Gasteiger partial charge in [-0.3, -0.25) is 4.79 Å². The lowest BCUT2D eigenvalue weighted by atomic mass is 10.3. The van der Waals surface area contributed by atoms with Gasteiger partial charge in [-0.1, -0.05) is 0 Å². The van der Waals surface area contributed by atoms with Crippen LogP contribution in [0.1, 0.15) is 17.4 Å². The zero-order valence-corrected chi connectivity index (χ0v) is 12.7. The van der Waals surface area contributed by atoms with E-state index in [1.165, 1.54) is 21.7 Å². The molecule has 0 aliphatic rings. The Bertz CT molecular complexity index is 553. The van der Waals surface area contributed by atoms with Gasteiger partial charge in [-0.05, 0) is 13.0 Å². The molecule has 1 aromatic rings. The summed E-state index contributed by atoms with van der Waals surface area (Å²) in [6.07, 6.45) is 1.31. The van der Waals surface area contributed by atoms with Crippen LogP contribution in [0.3, 0.4) is 0 Å². The van der Waals surface area contributed by atoms with Crippen LogP contribution in [0.4, 0.5) is 0 Å². The molecule has 0 saturated carbocycles. The van der Waals surface area contributed by atoms with E-state index in [1.54, 1.807) is 14.1 Å². The van der Waals surface area contributed by atoms with Crippen molar-refractivity contribution in [2.45, 2.75) is 11.8 Å². The monoisotopic (exact) mass is 308 g/mol. The molecular weight excluding hydrogens is 292 g/mol. The lowest BCUT2D eigenvalue weighted by molar-refractivity contribution is 0.0701. The molecule has 1 rings (SSSR count). The van der Waals surface area contributed by atoms with E-state index in [-0.39, 0.29) is 16.5 Å². The highest BCUT2D eigenvalue weighted by atomic mass is 35.7. The first-order chi connectivity index (χ1) is 8.77. The molecule has 0 N–H and O–H groups in total. The van der Waals surface area contributed by atoms with E-state index in [4.69, 9.17) is 15.4 Å². The molecule has 0 aromatic carbocycles. The topological polar surface area (TPSA) is 68.6 Å². The summed E-state index contributed by atoms with van der Waals surface area (Å²) in [6.45, 7) is 3.32. The van der Waals surface area contributed by atoms with Crippen molar-refractivity contribution in [2.75, 3.05) is 26.8 Å². The number of aromatic nitrogens is 1. The van der Waals surface area contributed by atoms with Gasteiger partial charge in [0.05, 0.1) is 6.61 Å². The number of carbonyl (C=O) groups excluding carboxylic acids is 1. The van der Waals surface area contributed by atoms with E-state index in [0.717, 1.165) is 0 Å². The zero-order valence-electron chi connectivity index (χ0n) is 11.1. The Morgan fingerprint density at radius 1 is 1.53 bits per heavy atom. The average Bonchev–Trinajstić information content (AvgIpc) is 2.70. The van der Waals surface area contributed by atoms with Crippen LogP contribution in [0.2, 0.25) is 0 Å². The van der Waals surface area contributed by atoms with Crippen LogP contribution in [0, 0.1) is 0 Å². The number of amides is 1. The summed E-state index contributed by atoms with van der Waals surface area (Å²) < 4.78 is 29.0. The first kappa shape index (κ1) is 16.0. The van der Waals surface area contributed by atoms with Crippen molar-refractivity contribution in [1.82, 2.24) is 9.47 Å². The number of rotatable bonds is 6. The minimum Gasteiger partial charge on any atom is -0.380 e. The quantitative estimate of drug-likeness (QED) is 0.582. The van der Waals surface area contributed by atoms with Crippen molar-refractivity contribution in [2.24, 2.45) is 7.05 Å². The molecule has 0 spiro atoms. The molecule has 0 fully saturated rings. The molecule has 0 bridgehead atoms. The van der Waals surface area contributed by atoms with Gasteiger partial charge in [0.25, 0.3) is 15.0 Å². The number of ether oxygens (including phenoxy) is 1. The summed E-state index contributed by atoms with van der Waals surface area (Å²) in [5.41, 5.74) is 0.262. The van der Waals surface area contributed by atoms with Crippen molar-refractivity contribution in [1.29, 1.82) is 0 Å². The predicted octanol–water partition coefficient (Wildman–Crippen LogP) is 1.06. The molecule has 8 heteroatoms. The fourth-order valence-electron chi connectivity index (χ4n) is 1.52. The highest BCUT2D eigenvalue weighted by Gasteiger charge is 2.20. The summed E-state index contributed by atoms with van der Waals surface area (Å²) in [7, 11) is 4.64. The van der Waals surface area contributed by atoms with Crippen molar-refractivity contribution < 1.29 is 17.9 Å². The molecular formula is C11H17ClN2O4S. The molecule has 0 aliphatic carbocycles. The van der Waals surface area contributed by atoms with Crippen LogP contribution in [-0.4, -0.2) is 50.6 Å². The Morgan fingerprint density at radius 3 is 2.63 bits per heavy atom. The van der Waals surface area contributed by atoms with Crippen LogP contribution in [0.25, 0.3) is 0 Å². The van der Waals surface area contributed by atoms with Gasteiger partial charge >= 0.3 is 0 Å². The largest absolute Gasteiger partial charge is 0.380 e. The van der Waals surface area contributed by atoms with Crippen molar-refractivity contribution in [3.63, 3.8) is 0 Å². The van der Waals surface area contributed by atoms with Gasteiger partial charge in [0.2, 0.25) is 0 Å². The fourth-order valence-corrected chi connectivity index (χ4v) is 2.31. The standard InChI is InChI=1S/C11H17ClN2O4S/c1-4-18-6-5-13(2)11(15)10-7-9(8-14(10)3)19(12,16)17/h7-8H,4-6H2,1-3H3. The number of hydrogen-bond acceptors (Lipinski definition) is 4. The molecule has 0 aliphatic heterocycles. The van der Waals surface area contributed by atoms with Crippen LogP contribution < -0.4 is 0 Å². The minimum atomic E-state index is -3.83. The third-order valence-corrected chi connectivity index (χ3v) is 3.92. The van der Waals surface area contributed by atoms with Gasteiger partial charge < -0.3 is 14.2 Å². The van der Waals surface area contributed by atoms with E-state index in [1.807, 2.05) is 6.92 Å². The highest BCUT2D eigenvalue weighted by molar-refractivity contribution is 8.13. The van der Waals surface area contributed by atoms with Crippen molar-refractivity contribution in [3.8, 4) is 0 Å². The second kappa shape index (κ2) is 6.40. The van der Waals surface area contributed by atoms with Gasteiger partial charge in [0, 0.05) is 44.1 Å². The summed E-state index contributed by atoms with van der Waals surface area (Å²) in [5, 5.41) is 0. The van der Waals surface area contributed by atoms with E-state index in [9.17, 15) is 13.2 Å². The van der Waals surface area contributed by atoms with Gasteiger partial charge in [0.1, 0.15) is 10.6 Å². The Morgan fingerprint density at radius 2 is 2.16 bits per heavy atom. The maximum atomic E-state index is 12.1. The first-order valence-corrected chi connectivity index (χ1v) is 8.02. The third-order valence-electron chi connectivity index (χ3n) is 2.60. The molecule has 0 atom stereocenters. The van der Waals surface area contributed by atoms with Gasteiger partial charge in [0.15, 0.2) is 0 Å². The maximum Gasteiger partial charge on any atom is 0.270 e. The minimum absolute atomic E-state index is 0.0850. The van der Waals surface area contributed by atoms with Crippen molar-refractivity contribution >= 4 is 25.6 Å². The van der Waals surface area contributed by atoms with Crippen LogP contribution in [0.5, 0.6) is 0 Å². The van der Waals surface area contributed by atoms with Crippen LogP contribution >= 0.6 is 10.7 Å². The number of hydrogen-bond donors (Lipinski definition) is 0. The molecule has 1 heterocycles. The van der Waals surface area contributed by atoms with Crippen LogP contribution in [-0.2, 0) is 20.8 Å². The lowest BCUT2D eigenvalue weighted by Crippen LogP contribution is -2.31. The molecule has 0 radical (unpaired) electrons. The van der Waals surface area contributed by atoms with Gasteiger partial charge in [-0.15, -0.1) is 0 Å². The zero-order chi connectivity index (χ0) is 14.6. The van der Waals surface area contributed by atoms with E-state index in [0.29, 0.717) is 19.8 Å². The summed E-state index contributed by atoms with van der Waals surface area (Å²) in [5.74, 6) is -0.284. The molecule has 6 nitrogen and oxygen atoms in total.